The molecule has 8 nitrogen and oxygen atoms in total. The van der Waals surface area contributed by atoms with Gasteiger partial charge < -0.3 is 10.4 Å². The molecule has 1 atom stereocenters. The van der Waals surface area contributed by atoms with Gasteiger partial charge in [-0.2, -0.15) is 11.8 Å². The Labute approximate surface area is 117 Å². The van der Waals surface area contributed by atoms with Gasteiger partial charge in [-0.3, -0.25) is 19.5 Å². The molecule has 1 aromatic rings. The van der Waals surface area contributed by atoms with Gasteiger partial charge in [-0.25, -0.2) is 9.48 Å². The molecule has 0 bridgehead atoms. The summed E-state index contributed by atoms with van der Waals surface area (Å²) in [6.45, 7) is -0.422. The second kappa shape index (κ2) is 5.53. The number of aliphatic carboxylic acids is 1. The van der Waals surface area contributed by atoms with E-state index in [1.165, 1.54) is 11.8 Å². The van der Waals surface area contributed by atoms with E-state index >= 15 is 0 Å². The Kier molecular flexibility index (Phi) is 3.98. The van der Waals surface area contributed by atoms with Crippen LogP contribution in [0.5, 0.6) is 0 Å². The average molecular weight is 299 g/mol. The normalized spacial score (nSPS) is 21.6. The lowest BCUT2D eigenvalue weighted by Crippen LogP contribution is -2.56. The first-order valence-corrected chi connectivity index (χ1v) is 7.01. The van der Waals surface area contributed by atoms with Crippen LogP contribution in [0.15, 0.2) is 21.7 Å². The Bertz CT molecular complexity index is 644. The molecule has 20 heavy (non-hydrogen) atoms. The van der Waals surface area contributed by atoms with E-state index in [0.29, 0.717) is 12.2 Å². The molecule has 1 aromatic heterocycles. The molecule has 1 aliphatic heterocycles. The van der Waals surface area contributed by atoms with E-state index in [1.54, 1.807) is 0 Å². The molecule has 108 valence electrons. The number of nitrogens with one attached hydrogen (secondary N) is 2. The van der Waals surface area contributed by atoms with Gasteiger partial charge in [0.25, 0.3) is 11.1 Å². The summed E-state index contributed by atoms with van der Waals surface area (Å²) in [5.41, 5.74) is -2.34. The molecule has 0 spiro atoms. The standard InChI is InChI=1S/C11H13N3O5S/c15-7-1-2-9(17)14(13-7)5-8(16)12-11(10(18)19)3-4-20-6-11/h1-2H,3-6H2,(H,12,16)(H,13,15)(H,18,19). The van der Waals surface area contributed by atoms with Gasteiger partial charge in [0.15, 0.2) is 0 Å². The SMILES string of the molecule is O=C(Cn1[nH]c(=O)ccc1=O)NC1(C(=O)O)CCSC1. The van der Waals surface area contributed by atoms with Crippen molar-refractivity contribution in [1.29, 1.82) is 0 Å². The first-order valence-electron chi connectivity index (χ1n) is 5.85. The van der Waals surface area contributed by atoms with Crippen LogP contribution in [0.4, 0.5) is 0 Å². The maximum atomic E-state index is 11.9. The Hall–Kier alpha value is -2.03. The van der Waals surface area contributed by atoms with Crippen molar-refractivity contribution in [2.75, 3.05) is 11.5 Å². The van der Waals surface area contributed by atoms with Crippen LogP contribution in [0.25, 0.3) is 0 Å². The van der Waals surface area contributed by atoms with Gasteiger partial charge in [-0.15, -0.1) is 0 Å². The monoisotopic (exact) mass is 299 g/mol. The molecule has 9 heteroatoms. The number of aromatic nitrogens is 2. The van der Waals surface area contributed by atoms with Crippen LogP contribution in [0, 0.1) is 0 Å². The molecule has 3 N–H and O–H groups in total. The highest BCUT2D eigenvalue weighted by Gasteiger charge is 2.43. The number of hydrogen-bond donors (Lipinski definition) is 3. The summed E-state index contributed by atoms with van der Waals surface area (Å²) in [5, 5.41) is 13.9. The van der Waals surface area contributed by atoms with Crippen LogP contribution < -0.4 is 16.4 Å². The molecular formula is C11H13N3O5S. The quantitative estimate of drug-likeness (QED) is 0.629. The zero-order chi connectivity index (χ0) is 14.8. The molecule has 2 rings (SSSR count). The predicted molar refractivity (Wildman–Crippen MR) is 71.8 cm³/mol. The summed E-state index contributed by atoms with van der Waals surface area (Å²) < 4.78 is 0.843. The zero-order valence-electron chi connectivity index (χ0n) is 10.4. The second-order valence-corrected chi connectivity index (χ2v) is 5.58. The number of aromatic amines is 1. The second-order valence-electron chi connectivity index (χ2n) is 4.47. The Balaban J connectivity index is 2.13. The fourth-order valence-electron chi connectivity index (χ4n) is 1.92. The summed E-state index contributed by atoms with van der Waals surface area (Å²) >= 11 is 1.44. The number of carboxylic acids is 1. The molecule has 1 amide bonds. The molecular weight excluding hydrogens is 286 g/mol. The Morgan fingerprint density at radius 1 is 1.45 bits per heavy atom. The van der Waals surface area contributed by atoms with E-state index < -0.39 is 35.1 Å². The number of hydrogen-bond acceptors (Lipinski definition) is 5. The van der Waals surface area contributed by atoms with E-state index in [-0.39, 0.29) is 5.75 Å². The lowest BCUT2D eigenvalue weighted by molar-refractivity contribution is -0.146. The van der Waals surface area contributed by atoms with Gasteiger partial charge in [0.2, 0.25) is 5.91 Å². The van der Waals surface area contributed by atoms with E-state index in [1.807, 2.05) is 0 Å². The number of thioether (sulfide) groups is 1. The van der Waals surface area contributed by atoms with Crippen molar-refractivity contribution in [2.45, 2.75) is 18.5 Å². The largest absolute Gasteiger partial charge is 0.479 e. The fraction of sp³-hybridized carbons (Fsp3) is 0.455. The number of rotatable bonds is 4. The van der Waals surface area contributed by atoms with Crippen molar-refractivity contribution >= 4 is 23.6 Å². The van der Waals surface area contributed by atoms with E-state index in [2.05, 4.69) is 10.4 Å². The van der Waals surface area contributed by atoms with Gasteiger partial charge in [0.1, 0.15) is 12.1 Å². The number of H-pyrrole nitrogens is 1. The van der Waals surface area contributed by atoms with Crippen molar-refractivity contribution in [1.82, 2.24) is 15.1 Å². The van der Waals surface area contributed by atoms with Crippen LogP contribution in [-0.2, 0) is 16.1 Å². The highest BCUT2D eigenvalue weighted by Crippen LogP contribution is 2.28. The van der Waals surface area contributed by atoms with Crippen LogP contribution in [0.2, 0.25) is 0 Å². The Morgan fingerprint density at radius 2 is 2.20 bits per heavy atom. The molecule has 2 heterocycles. The van der Waals surface area contributed by atoms with E-state index in [0.717, 1.165) is 16.8 Å². The first kappa shape index (κ1) is 14.4. The van der Waals surface area contributed by atoms with E-state index in [9.17, 15) is 24.3 Å². The summed E-state index contributed by atoms with van der Waals surface area (Å²) in [6, 6.07) is 2.10. The van der Waals surface area contributed by atoms with Gasteiger partial charge >= 0.3 is 5.97 Å². The lowest BCUT2D eigenvalue weighted by atomic mass is 9.99. The van der Waals surface area contributed by atoms with Crippen LogP contribution >= 0.6 is 11.8 Å². The first-order chi connectivity index (χ1) is 9.43. The minimum Gasteiger partial charge on any atom is -0.479 e. The summed E-state index contributed by atoms with van der Waals surface area (Å²) in [4.78, 5) is 45.7. The minimum absolute atomic E-state index is 0.286. The molecule has 1 saturated heterocycles. The smallest absolute Gasteiger partial charge is 0.330 e. The fourth-order valence-corrected chi connectivity index (χ4v) is 3.24. The molecule has 0 radical (unpaired) electrons. The van der Waals surface area contributed by atoms with Gasteiger partial charge in [-0.05, 0) is 12.2 Å². The van der Waals surface area contributed by atoms with Crippen molar-refractivity contribution in [3.8, 4) is 0 Å². The molecule has 0 aromatic carbocycles. The van der Waals surface area contributed by atoms with Crippen molar-refractivity contribution in [2.24, 2.45) is 0 Å². The predicted octanol–water partition coefficient (Wildman–Crippen LogP) is -1.39. The van der Waals surface area contributed by atoms with E-state index in [4.69, 9.17) is 0 Å². The van der Waals surface area contributed by atoms with Crippen LogP contribution in [0.3, 0.4) is 0 Å². The van der Waals surface area contributed by atoms with Crippen molar-refractivity contribution in [3.05, 3.63) is 32.8 Å². The molecule has 1 fully saturated rings. The van der Waals surface area contributed by atoms with Crippen LogP contribution in [0.1, 0.15) is 6.42 Å². The third-order valence-electron chi connectivity index (χ3n) is 3.00. The van der Waals surface area contributed by atoms with Gasteiger partial charge in [0.05, 0.1) is 0 Å². The van der Waals surface area contributed by atoms with Crippen molar-refractivity contribution in [3.63, 3.8) is 0 Å². The summed E-state index contributed by atoms with van der Waals surface area (Å²) in [5.74, 6) is -0.785. The van der Waals surface area contributed by atoms with Crippen LogP contribution in [-0.4, -0.2) is 43.8 Å². The number of carbonyl (C=O) groups is 2. The third-order valence-corrected chi connectivity index (χ3v) is 4.19. The highest BCUT2D eigenvalue weighted by atomic mass is 32.2. The number of nitrogens with zero attached hydrogens (tertiary/aromatic N) is 1. The molecule has 1 aliphatic rings. The third kappa shape index (κ3) is 2.93. The summed E-state index contributed by atoms with van der Waals surface area (Å²) in [7, 11) is 0. The molecule has 0 saturated carbocycles. The van der Waals surface area contributed by atoms with Crippen molar-refractivity contribution < 1.29 is 14.7 Å². The number of carbonyl (C=O) groups excluding carboxylic acids is 1. The molecule has 0 aliphatic carbocycles. The highest BCUT2D eigenvalue weighted by molar-refractivity contribution is 7.99. The Morgan fingerprint density at radius 3 is 2.80 bits per heavy atom. The summed E-state index contributed by atoms with van der Waals surface area (Å²) in [6.07, 6.45) is 0.332. The molecule has 1 unspecified atom stereocenters. The number of amides is 1. The number of carboxylic acid groups (broad SMARTS) is 1. The topological polar surface area (TPSA) is 121 Å². The maximum Gasteiger partial charge on any atom is 0.330 e. The zero-order valence-corrected chi connectivity index (χ0v) is 11.2. The minimum atomic E-state index is -1.29. The average Bonchev–Trinajstić information content (AvgIpc) is 2.83. The maximum absolute atomic E-state index is 11.9. The lowest BCUT2D eigenvalue weighted by Gasteiger charge is -2.24. The van der Waals surface area contributed by atoms with Gasteiger partial charge in [-0.1, -0.05) is 0 Å². The van der Waals surface area contributed by atoms with Gasteiger partial charge in [0, 0.05) is 17.9 Å².